The van der Waals surface area contributed by atoms with E-state index in [0.717, 1.165) is 19.0 Å². The molecule has 2 rings (SSSR count). The summed E-state index contributed by atoms with van der Waals surface area (Å²) in [6, 6.07) is 0. The van der Waals surface area contributed by atoms with Gasteiger partial charge in [-0.3, -0.25) is 0 Å². The number of hydrogen-bond acceptors (Lipinski definition) is 2. The molecule has 12 heavy (non-hydrogen) atoms. The van der Waals surface area contributed by atoms with Crippen LogP contribution in [0.25, 0.3) is 0 Å². The number of rotatable bonds is 1. The molecule has 66 valence electrons. The molecule has 0 saturated carbocycles. The molecule has 4 heteroatoms. The molecule has 1 aromatic rings. The van der Waals surface area contributed by atoms with Crippen LogP contribution in [0, 0.1) is 0 Å². The molecule has 1 fully saturated rings. The fourth-order valence-electron chi connectivity index (χ4n) is 1.50. The number of hydrogen-bond donors (Lipinski definition) is 0. The summed E-state index contributed by atoms with van der Waals surface area (Å²) < 4.78 is 7.40. The Kier molecular flexibility index (Phi) is 2.19. The normalized spacial score (nSPS) is 29.5. The first kappa shape index (κ1) is 8.26. The summed E-state index contributed by atoms with van der Waals surface area (Å²) in [7, 11) is 2.01. The Balaban J connectivity index is 2.24. The van der Waals surface area contributed by atoms with Crippen LogP contribution in [0.2, 0.25) is 0 Å². The van der Waals surface area contributed by atoms with E-state index in [-0.39, 0.29) is 0 Å². The van der Waals surface area contributed by atoms with E-state index in [4.69, 9.17) is 4.74 Å². The molecule has 3 nitrogen and oxygen atoms in total. The van der Waals surface area contributed by atoms with Crippen molar-refractivity contribution in [3.8, 4) is 0 Å². The van der Waals surface area contributed by atoms with Crippen molar-refractivity contribution in [1.29, 1.82) is 0 Å². The maximum atomic E-state index is 5.35. The molecule has 0 spiro atoms. The minimum atomic E-state index is 0.407. The van der Waals surface area contributed by atoms with E-state index in [9.17, 15) is 0 Å². The monoisotopic (exact) mass is 230 g/mol. The molecular formula is C8H11BrN2O. The minimum Gasteiger partial charge on any atom is -0.379 e. The Morgan fingerprint density at radius 3 is 3.00 bits per heavy atom. The summed E-state index contributed by atoms with van der Waals surface area (Å²) in [4.78, 5) is 4.72. The van der Waals surface area contributed by atoms with Gasteiger partial charge in [-0.15, -0.1) is 0 Å². The predicted octanol–water partition coefficient (Wildman–Crippen LogP) is 1.30. The highest BCUT2D eigenvalue weighted by Gasteiger charge is 2.29. The van der Waals surface area contributed by atoms with Crippen LogP contribution in [0.15, 0.2) is 12.4 Å². The summed E-state index contributed by atoms with van der Waals surface area (Å²) in [5.41, 5.74) is 0. The van der Waals surface area contributed by atoms with Gasteiger partial charge in [-0.25, -0.2) is 4.98 Å². The summed E-state index contributed by atoms with van der Waals surface area (Å²) in [6.07, 6.45) is 3.79. The highest BCUT2D eigenvalue weighted by Crippen LogP contribution is 2.29. The Hall–Kier alpha value is -0.350. The minimum absolute atomic E-state index is 0.407. The Labute approximate surface area is 79.9 Å². The van der Waals surface area contributed by atoms with E-state index in [0.29, 0.717) is 10.7 Å². The number of halogens is 1. The third-order valence-electron chi connectivity index (χ3n) is 2.20. The molecule has 0 radical (unpaired) electrons. The van der Waals surface area contributed by atoms with E-state index in [1.54, 1.807) is 0 Å². The van der Waals surface area contributed by atoms with E-state index in [1.807, 2.05) is 24.0 Å². The van der Waals surface area contributed by atoms with Crippen molar-refractivity contribution in [2.75, 3.05) is 13.2 Å². The highest BCUT2D eigenvalue weighted by molar-refractivity contribution is 9.09. The second-order valence-electron chi connectivity index (χ2n) is 3.06. The third-order valence-corrected chi connectivity index (χ3v) is 3.10. The molecule has 1 aliphatic rings. The molecule has 0 amide bonds. The second-order valence-corrected chi connectivity index (χ2v) is 4.23. The number of aryl methyl sites for hydroxylation is 1. The standard InChI is InChI=1S/C8H11BrN2O/c1-11-3-2-10-8(11)6-4-12-5-7(6)9/h2-3,6-7H,4-5H2,1H3. The van der Waals surface area contributed by atoms with Crippen molar-refractivity contribution in [3.63, 3.8) is 0 Å². The van der Waals surface area contributed by atoms with Gasteiger partial charge in [0.15, 0.2) is 0 Å². The topological polar surface area (TPSA) is 27.1 Å². The quantitative estimate of drug-likeness (QED) is 0.681. The van der Waals surface area contributed by atoms with Gasteiger partial charge in [0.25, 0.3) is 0 Å². The van der Waals surface area contributed by atoms with E-state index in [2.05, 4.69) is 20.9 Å². The van der Waals surface area contributed by atoms with Crippen LogP contribution in [0.3, 0.4) is 0 Å². The number of alkyl halides is 1. The van der Waals surface area contributed by atoms with Gasteiger partial charge < -0.3 is 9.30 Å². The molecular weight excluding hydrogens is 220 g/mol. The molecule has 0 aromatic carbocycles. The van der Waals surface area contributed by atoms with Crippen LogP contribution in [0.4, 0.5) is 0 Å². The molecule has 0 N–H and O–H groups in total. The first-order valence-corrected chi connectivity index (χ1v) is 4.89. The van der Waals surface area contributed by atoms with Gasteiger partial charge >= 0.3 is 0 Å². The summed E-state index contributed by atoms with van der Waals surface area (Å²) in [5, 5.41) is 0. The van der Waals surface area contributed by atoms with Gasteiger partial charge in [-0.05, 0) is 0 Å². The van der Waals surface area contributed by atoms with Crippen molar-refractivity contribution in [3.05, 3.63) is 18.2 Å². The van der Waals surface area contributed by atoms with Gasteiger partial charge in [0.1, 0.15) is 5.82 Å². The predicted molar refractivity (Wildman–Crippen MR) is 49.5 cm³/mol. The molecule has 0 bridgehead atoms. The van der Waals surface area contributed by atoms with Gasteiger partial charge in [0, 0.05) is 19.4 Å². The first-order chi connectivity index (χ1) is 5.79. The van der Waals surface area contributed by atoms with Crippen LogP contribution in [-0.4, -0.2) is 27.6 Å². The van der Waals surface area contributed by atoms with E-state index in [1.165, 1.54) is 0 Å². The maximum Gasteiger partial charge on any atom is 0.115 e. The summed E-state index contributed by atoms with van der Waals surface area (Å²) >= 11 is 3.58. The average Bonchev–Trinajstić information content (AvgIpc) is 2.59. The fourth-order valence-corrected chi connectivity index (χ4v) is 2.07. The number of aromatic nitrogens is 2. The second kappa shape index (κ2) is 3.18. The maximum absolute atomic E-state index is 5.35. The fraction of sp³-hybridized carbons (Fsp3) is 0.625. The van der Waals surface area contributed by atoms with Gasteiger partial charge in [-0.2, -0.15) is 0 Å². The van der Waals surface area contributed by atoms with Crippen molar-refractivity contribution in [2.45, 2.75) is 10.7 Å². The molecule has 2 atom stereocenters. The molecule has 2 heterocycles. The zero-order valence-corrected chi connectivity index (χ0v) is 8.49. The van der Waals surface area contributed by atoms with Crippen molar-refractivity contribution in [1.82, 2.24) is 9.55 Å². The Bertz CT molecular complexity index is 274. The lowest BCUT2D eigenvalue weighted by Gasteiger charge is -2.10. The average molecular weight is 231 g/mol. The van der Waals surface area contributed by atoms with Gasteiger partial charge in [-0.1, -0.05) is 15.9 Å². The lowest BCUT2D eigenvalue weighted by atomic mass is 10.1. The van der Waals surface area contributed by atoms with Crippen LogP contribution in [-0.2, 0) is 11.8 Å². The largest absolute Gasteiger partial charge is 0.379 e. The molecule has 1 saturated heterocycles. The lowest BCUT2D eigenvalue weighted by molar-refractivity contribution is 0.193. The van der Waals surface area contributed by atoms with E-state index < -0.39 is 0 Å². The van der Waals surface area contributed by atoms with Crippen LogP contribution in [0.1, 0.15) is 11.7 Å². The number of imidazole rings is 1. The van der Waals surface area contributed by atoms with Crippen LogP contribution >= 0.6 is 15.9 Å². The summed E-state index contributed by atoms with van der Waals surface area (Å²) in [6.45, 7) is 1.57. The molecule has 1 aromatic heterocycles. The van der Waals surface area contributed by atoms with Crippen LogP contribution < -0.4 is 0 Å². The van der Waals surface area contributed by atoms with Crippen LogP contribution in [0.5, 0.6) is 0 Å². The zero-order valence-electron chi connectivity index (χ0n) is 6.90. The number of nitrogens with zero attached hydrogens (tertiary/aromatic N) is 2. The Morgan fingerprint density at radius 1 is 1.67 bits per heavy atom. The van der Waals surface area contributed by atoms with Gasteiger partial charge in [0.05, 0.1) is 24.0 Å². The molecule has 1 aliphatic heterocycles. The Morgan fingerprint density at radius 2 is 2.50 bits per heavy atom. The molecule has 2 unspecified atom stereocenters. The molecule has 0 aliphatic carbocycles. The lowest BCUT2D eigenvalue weighted by Crippen LogP contribution is -2.13. The third kappa shape index (κ3) is 1.29. The zero-order chi connectivity index (χ0) is 8.55. The first-order valence-electron chi connectivity index (χ1n) is 3.98. The van der Waals surface area contributed by atoms with Crippen molar-refractivity contribution >= 4 is 15.9 Å². The van der Waals surface area contributed by atoms with Crippen molar-refractivity contribution < 1.29 is 4.74 Å². The van der Waals surface area contributed by atoms with E-state index >= 15 is 0 Å². The van der Waals surface area contributed by atoms with Crippen molar-refractivity contribution in [2.24, 2.45) is 7.05 Å². The van der Waals surface area contributed by atoms with Gasteiger partial charge in [0.2, 0.25) is 0 Å². The SMILES string of the molecule is Cn1ccnc1C1COCC1Br. The highest BCUT2D eigenvalue weighted by atomic mass is 79.9. The smallest absolute Gasteiger partial charge is 0.115 e. The number of ether oxygens (including phenoxy) is 1. The summed E-state index contributed by atoms with van der Waals surface area (Å²) in [5.74, 6) is 1.51.